The van der Waals surface area contributed by atoms with E-state index in [1.54, 1.807) is 0 Å². The molecule has 0 bridgehead atoms. The molecule has 0 heterocycles. The molecule has 1 aliphatic carbocycles. The fourth-order valence-corrected chi connectivity index (χ4v) is 1.93. The second-order valence-electron chi connectivity index (χ2n) is 3.57. The molecule has 0 unspecified atom stereocenters. The van der Waals surface area contributed by atoms with Gasteiger partial charge in [-0.1, -0.05) is 38.2 Å². The van der Waals surface area contributed by atoms with E-state index in [2.05, 4.69) is 5.18 Å². The van der Waals surface area contributed by atoms with Gasteiger partial charge < -0.3 is 0 Å². The van der Waals surface area contributed by atoms with Crippen LogP contribution in [-0.4, -0.2) is 0 Å². The van der Waals surface area contributed by atoms with Crippen LogP contribution in [0.25, 0.3) is 0 Å². The summed E-state index contributed by atoms with van der Waals surface area (Å²) < 4.78 is 0. The van der Waals surface area contributed by atoms with Crippen LogP contribution in [0.3, 0.4) is 0 Å². The summed E-state index contributed by atoms with van der Waals surface area (Å²) in [5, 5.41) is 2.69. The van der Waals surface area contributed by atoms with Gasteiger partial charge in [-0.05, 0) is 23.9 Å². The van der Waals surface area contributed by atoms with E-state index < -0.39 is 0 Å². The molecule has 1 fully saturated rings. The van der Waals surface area contributed by atoms with Gasteiger partial charge in [0.1, 0.15) is 0 Å². The van der Waals surface area contributed by atoms with Gasteiger partial charge in [0.05, 0.1) is 6.20 Å². The molecule has 1 aliphatic rings. The van der Waals surface area contributed by atoms with Gasteiger partial charge in [0, 0.05) is 0 Å². The van der Waals surface area contributed by atoms with Crippen molar-refractivity contribution in [1.29, 1.82) is 0 Å². The van der Waals surface area contributed by atoms with E-state index >= 15 is 0 Å². The van der Waals surface area contributed by atoms with Crippen LogP contribution >= 0.6 is 0 Å². The molecular weight excluding hydrogens is 150 g/mol. The summed E-state index contributed by atoms with van der Waals surface area (Å²) in [5.74, 6) is 0.912. The molecule has 2 heteroatoms. The Morgan fingerprint density at radius 3 is 2.67 bits per heavy atom. The quantitative estimate of drug-likeness (QED) is 0.588. The van der Waals surface area contributed by atoms with Gasteiger partial charge in [0.15, 0.2) is 0 Å². The van der Waals surface area contributed by atoms with Crippen LogP contribution in [0.1, 0.15) is 44.9 Å². The Balaban J connectivity index is 2.05. The Bertz CT molecular complexity index is 148. The zero-order valence-corrected chi connectivity index (χ0v) is 7.54. The van der Waals surface area contributed by atoms with Crippen LogP contribution in [-0.2, 0) is 0 Å². The predicted octanol–water partition coefficient (Wildman–Crippen LogP) is 3.63. The van der Waals surface area contributed by atoms with Crippen LogP contribution in [0.15, 0.2) is 17.5 Å². The van der Waals surface area contributed by atoms with Crippen molar-refractivity contribution in [3.8, 4) is 0 Å². The van der Waals surface area contributed by atoms with E-state index in [0.717, 1.165) is 12.3 Å². The predicted molar refractivity (Wildman–Crippen MR) is 50.7 cm³/mol. The second kappa shape index (κ2) is 5.92. The van der Waals surface area contributed by atoms with E-state index in [-0.39, 0.29) is 0 Å². The van der Waals surface area contributed by atoms with E-state index in [1.165, 1.54) is 44.7 Å². The smallest absolute Gasteiger partial charge is 0.0675 e. The Labute approximate surface area is 74.0 Å². The van der Waals surface area contributed by atoms with Gasteiger partial charge in [0.25, 0.3) is 0 Å². The van der Waals surface area contributed by atoms with Gasteiger partial charge in [0.2, 0.25) is 0 Å². The molecule has 1 rings (SSSR count). The highest BCUT2D eigenvalue weighted by Gasteiger charge is 2.11. The molecule has 0 aromatic carbocycles. The molecule has 0 radical (unpaired) electrons. The third-order valence-corrected chi connectivity index (χ3v) is 2.63. The minimum atomic E-state index is 0.912. The largest absolute Gasteiger partial charge is 0.145 e. The number of hydrogen-bond donors (Lipinski definition) is 0. The van der Waals surface area contributed by atoms with Crippen molar-refractivity contribution in [2.45, 2.75) is 44.9 Å². The first kappa shape index (κ1) is 9.43. The molecule has 0 aromatic heterocycles. The Morgan fingerprint density at radius 1 is 1.25 bits per heavy atom. The van der Waals surface area contributed by atoms with E-state index in [1.807, 2.05) is 6.08 Å². The summed E-state index contributed by atoms with van der Waals surface area (Å²) in [6.45, 7) is 0. The fraction of sp³-hybridized carbons (Fsp3) is 0.800. The summed E-state index contributed by atoms with van der Waals surface area (Å²) in [4.78, 5) is 9.72. The lowest BCUT2D eigenvalue weighted by Crippen LogP contribution is -2.05. The zero-order chi connectivity index (χ0) is 8.65. The highest BCUT2D eigenvalue weighted by molar-refractivity contribution is 4.80. The van der Waals surface area contributed by atoms with Crippen molar-refractivity contribution >= 4 is 0 Å². The molecule has 0 aliphatic heterocycles. The number of nitroso groups, excluding NO2 is 1. The van der Waals surface area contributed by atoms with Gasteiger partial charge in [-0.2, -0.15) is 0 Å². The molecule has 0 aromatic rings. The van der Waals surface area contributed by atoms with Crippen molar-refractivity contribution in [2.75, 3.05) is 0 Å². The third-order valence-electron chi connectivity index (χ3n) is 2.63. The molecule has 68 valence electrons. The number of allylic oxidation sites excluding steroid dienone is 1. The maximum Gasteiger partial charge on any atom is 0.0675 e. The lowest BCUT2D eigenvalue weighted by atomic mass is 9.86. The zero-order valence-electron chi connectivity index (χ0n) is 7.54. The monoisotopic (exact) mass is 167 g/mol. The normalized spacial score (nSPS) is 20.0. The first-order valence-electron chi connectivity index (χ1n) is 4.91. The third kappa shape index (κ3) is 3.65. The highest BCUT2D eigenvalue weighted by atomic mass is 16.2. The van der Waals surface area contributed by atoms with Gasteiger partial charge in [-0.25, -0.2) is 0 Å². The van der Waals surface area contributed by atoms with Crippen molar-refractivity contribution in [3.63, 3.8) is 0 Å². The molecule has 0 atom stereocenters. The molecular formula is C10H17NO. The highest BCUT2D eigenvalue weighted by Crippen LogP contribution is 2.27. The maximum atomic E-state index is 9.72. The molecule has 0 amide bonds. The Hall–Kier alpha value is -0.660. The van der Waals surface area contributed by atoms with Gasteiger partial charge in [-0.3, -0.25) is 0 Å². The van der Waals surface area contributed by atoms with Crippen molar-refractivity contribution in [3.05, 3.63) is 17.2 Å². The van der Waals surface area contributed by atoms with Crippen molar-refractivity contribution < 1.29 is 0 Å². The second-order valence-corrected chi connectivity index (χ2v) is 3.57. The fourth-order valence-electron chi connectivity index (χ4n) is 1.93. The van der Waals surface area contributed by atoms with Crippen LogP contribution < -0.4 is 0 Å². The summed E-state index contributed by atoms with van der Waals surface area (Å²) >= 11 is 0. The number of nitrogens with zero attached hydrogens (tertiary/aromatic N) is 1. The molecule has 1 saturated carbocycles. The minimum absolute atomic E-state index is 0.912. The van der Waals surface area contributed by atoms with E-state index in [0.29, 0.717) is 0 Å². The number of hydrogen-bond acceptors (Lipinski definition) is 2. The number of rotatable bonds is 4. The lowest BCUT2D eigenvalue weighted by Gasteiger charge is -2.20. The van der Waals surface area contributed by atoms with Crippen LogP contribution in [0, 0.1) is 10.8 Å². The molecule has 12 heavy (non-hydrogen) atoms. The molecule has 2 nitrogen and oxygen atoms in total. The molecule has 0 saturated heterocycles. The summed E-state index contributed by atoms with van der Waals surface area (Å²) in [6, 6.07) is 0. The average molecular weight is 167 g/mol. The molecule has 0 N–H and O–H groups in total. The van der Waals surface area contributed by atoms with Crippen LogP contribution in [0.2, 0.25) is 0 Å². The average Bonchev–Trinajstić information content (AvgIpc) is 2.14. The SMILES string of the molecule is O=N/C=C\CCC1CCCCC1. The van der Waals surface area contributed by atoms with E-state index in [4.69, 9.17) is 0 Å². The van der Waals surface area contributed by atoms with Crippen LogP contribution in [0.5, 0.6) is 0 Å². The standard InChI is InChI=1S/C10H17NO/c12-11-9-5-4-8-10-6-2-1-3-7-10/h5,9-10H,1-4,6-8H2/b9-5-. The van der Waals surface area contributed by atoms with Gasteiger partial charge in [-0.15, -0.1) is 4.91 Å². The Kier molecular flexibility index (Phi) is 4.65. The maximum absolute atomic E-state index is 9.72. The summed E-state index contributed by atoms with van der Waals surface area (Å²) in [6.07, 6.45) is 12.5. The first-order chi connectivity index (χ1) is 5.93. The Morgan fingerprint density at radius 2 is 2.00 bits per heavy atom. The van der Waals surface area contributed by atoms with Crippen molar-refractivity contribution in [1.82, 2.24) is 0 Å². The molecule has 0 spiro atoms. The minimum Gasteiger partial charge on any atom is -0.145 e. The van der Waals surface area contributed by atoms with Gasteiger partial charge >= 0.3 is 0 Å². The summed E-state index contributed by atoms with van der Waals surface area (Å²) in [7, 11) is 0. The van der Waals surface area contributed by atoms with Crippen molar-refractivity contribution in [2.24, 2.45) is 11.1 Å². The van der Waals surface area contributed by atoms with E-state index in [9.17, 15) is 4.91 Å². The first-order valence-corrected chi connectivity index (χ1v) is 4.91. The van der Waals surface area contributed by atoms with Crippen LogP contribution in [0.4, 0.5) is 0 Å². The topological polar surface area (TPSA) is 29.4 Å². The summed E-state index contributed by atoms with van der Waals surface area (Å²) in [5.41, 5.74) is 0. The lowest BCUT2D eigenvalue weighted by molar-refractivity contribution is 0.341.